The molecule has 0 aromatic carbocycles. The van der Waals surface area contributed by atoms with Crippen LogP contribution >= 0.6 is 24.8 Å². The van der Waals surface area contributed by atoms with Gasteiger partial charge in [0.25, 0.3) is 0 Å². The lowest BCUT2D eigenvalue weighted by molar-refractivity contribution is 0.0842. The average molecular weight is 190 g/mol. The Bertz CT molecular complexity index is 80.9. The van der Waals surface area contributed by atoms with Crippen LogP contribution in [0.25, 0.3) is 0 Å². The topological polar surface area (TPSA) is 71.1 Å². The standard InChI is InChI=1S/C4H11N3O.2ClH/c1-2-3-8-7-4(5)6;;/h2-3H2,1H3,(H4,5,6,7);2*1H. The molecule has 0 amide bonds. The van der Waals surface area contributed by atoms with E-state index in [1.165, 1.54) is 0 Å². The van der Waals surface area contributed by atoms with E-state index in [1.807, 2.05) is 6.92 Å². The van der Waals surface area contributed by atoms with Crippen molar-refractivity contribution in [3.63, 3.8) is 0 Å². The Balaban J connectivity index is -0.000000245. The molecule has 0 unspecified atom stereocenters. The van der Waals surface area contributed by atoms with Crippen molar-refractivity contribution in [1.82, 2.24) is 5.48 Å². The highest BCUT2D eigenvalue weighted by Gasteiger charge is 1.82. The summed E-state index contributed by atoms with van der Waals surface area (Å²) in [4.78, 5) is 4.64. The highest BCUT2D eigenvalue weighted by molar-refractivity contribution is 5.85. The molecule has 4 N–H and O–H groups in total. The first-order chi connectivity index (χ1) is 3.77. The van der Waals surface area contributed by atoms with Crippen LogP contribution in [0.4, 0.5) is 0 Å². The fraction of sp³-hybridized carbons (Fsp3) is 0.750. The van der Waals surface area contributed by atoms with E-state index in [9.17, 15) is 0 Å². The van der Waals surface area contributed by atoms with Crippen LogP contribution in [-0.4, -0.2) is 12.6 Å². The van der Waals surface area contributed by atoms with Crippen molar-refractivity contribution in [2.45, 2.75) is 13.3 Å². The zero-order chi connectivity index (χ0) is 6.41. The van der Waals surface area contributed by atoms with Gasteiger partial charge in [-0.05, 0) is 6.42 Å². The zero-order valence-corrected chi connectivity index (χ0v) is 7.35. The van der Waals surface area contributed by atoms with E-state index in [-0.39, 0.29) is 30.8 Å². The van der Waals surface area contributed by atoms with Crippen molar-refractivity contribution in [3.8, 4) is 0 Å². The van der Waals surface area contributed by atoms with Crippen molar-refractivity contribution >= 4 is 30.8 Å². The molecule has 0 aliphatic rings. The van der Waals surface area contributed by atoms with Crippen LogP contribution in [0.15, 0.2) is 0 Å². The first kappa shape index (κ1) is 16.4. The van der Waals surface area contributed by atoms with Crippen LogP contribution in [0.2, 0.25) is 0 Å². The van der Waals surface area contributed by atoms with Crippen LogP contribution in [0, 0.1) is 5.41 Å². The van der Waals surface area contributed by atoms with E-state index >= 15 is 0 Å². The van der Waals surface area contributed by atoms with Gasteiger partial charge in [0.2, 0.25) is 5.96 Å². The van der Waals surface area contributed by atoms with E-state index in [1.54, 1.807) is 0 Å². The Hall–Kier alpha value is -0.190. The summed E-state index contributed by atoms with van der Waals surface area (Å²) in [7, 11) is 0. The number of nitrogens with one attached hydrogen (secondary N) is 2. The van der Waals surface area contributed by atoms with Gasteiger partial charge in [0, 0.05) is 0 Å². The minimum atomic E-state index is -0.154. The monoisotopic (exact) mass is 189 g/mol. The Morgan fingerprint density at radius 3 is 2.40 bits per heavy atom. The maximum absolute atomic E-state index is 6.61. The molecule has 0 radical (unpaired) electrons. The summed E-state index contributed by atoms with van der Waals surface area (Å²) in [6.45, 7) is 2.56. The minimum absolute atomic E-state index is 0. The predicted octanol–water partition coefficient (Wildman–Crippen LogP) is 0.655. The number of halogens is 2. The van der Waals surface area contributed by atoms with Gasteiger partial charge in [-0.3, -0.25) is 10.2 Å². The molecule has 0 spiro atoms. The van der Waals surface area contributed by atoms with Crippen molar-refractivity contribution in [2.75, 3.05) is 6.61 Å². The van der Waals surface area contributed by atoms with Gasteiger partial charge < -0.3 is 5.73 Å². The molecule has 0 aliphatic carbocycles. The first-order valence-electron chi connectivity index (χ1n) is 2.49. The Labute approximate surface area is 72.8 Å². The fourth-order valence-corrected chi connectivity index (χ4v) is 0.231. The molecule has 0 heterocycles. The molecule has 64 valence electrons. The average Bonchev–Trinajstić information content (AvgIpc) is 1.66. The number of hydrogen-bond donors (Lipinski definition) is 3. The SMILES string of the molecule is CCCONC(=N)N.Cl.Cl. The summed E-state index contributed by atoms with van der Waals surface area (Å²) in [5, 5.41) is 6.61. The third-order valence-electron chi connectivity index (χ3n) is 0.488. The number of nitrogens with two attached hydrogens (primary N) is 1. The predicted molar refractivity (Wildman–Crippen MR) is 45.8 cm³/mol. The fourth-order valence-electron chi connectivity index (χ4n) is 0.231. The summed E-state index contributed by atoms with van der Waals surface area (Å²) in [5.41, 5.74) is 7.09. The molecule has 0 atom stereocenters. The van der Waals surface area contributed by atoms with Gasteiger partial charge in [-0.1, -0.05) is 6.92 Å². The highest BCUT2D eigenvalue weighted by Crippen LogP contribution is 1.72. The van der Waals surface area contributed by atoms with Gasteiger partial charge in [0.1, 0.15) is 0 Å². The molecule has 0 aliphatic heterocycles. The molecule has 0 saturated carbocycles. The Morgan fingerprint density at radius 1 is 1.60 bits per heavy atom. The second-order valence-electron chi connectivity index (χ2n) is 1.36. The van der Waals surface area contributed by atoms with Gasteiger partial charge in [-0.15, -0.1) is 24.8 Å². The van der Waals surface area contributed by atoms with Crippen LogP contribution in [0.3, 0.4) is 0 Å². The Morgan fingerprint density at radius 2 is 2.10 bits per heavy atom. The summed E-state index contributed by atoms with van der Waals surface area (Å²) >= 11 is 0. The Kier molecular flexibility index (Phi) is 19.0. The summed E-state index contributed by atoms with van der Waals surface area (Å²) in [6.07, 6.45) is 0.917. The van der Waals surface area contributed by atoms with Crippen molar-refractivity contribution in [3.05, 3.63) is 0 Å². The molecule has 10 heavy (non-hydrogen) atoms. The number of hydroxylamine groups is 1. The molecule has 0 aromatic heterocycles. The van der Waals surface area contributed by atoms with E-state index in [2.05, 4.69) is 10.3 Å². The zero-order valence-electron chi connectivity index (χ0n) is 5.72. The maximum atomic E-state index is 6.61. The molecule has 0 saturated heterocycles. The lowest BCUT2D eigenvalue weighted by Crippen LogP contribution is -2.30. The van der Waals surface area contributed by atoms with Crippen LogP contribution in [-0.2, 0) is 4.84 Å². The van der Waals surface area contributed by atoms with Gasteiger partial charge in [0.05, 0.1) is 6.61 Å². The van der Waals surface area contributed by atoms with E-state index in [4.69, 9.17) is 11.1 Å². The smallest absolute Gasteiger partial charge is 0.210 e. The number of hydrogen-bond acceptors (Lipinski definition) is 2. The number of guanidine groups is 1. The van der Waals surface area contributed by atoms with Crippen LogP contribution < -0.4 is 11.2 Å². The van der Waals surface area contributed by atoms with Gasteiger partial charge in [0.15, 0.2) is 0 Å². The second-order valence-corrected chi connectivity index (χ2v) is 1.36. The lowest BCUT2D eigenvalue weighted by Gasteiger charge is -2.00. The second kappa shape index (κ2) is 11.6. The summed E-state index contributed by atoms with van der Waals surface area (Å²) in [6, 6.07) is 0. The molecule has 0 aromatic rings. The lowest BCUT2D eigenvalue weighted by atomic mass is 10.5. The third kappa shape index (κ3) is 15.7. The molecular formula is C4H13Cl2N3O. The van der Waals surface area contributed by atoms with Crippen molar-refractivity contribution in [2.24, 2.45) is 5.73 Å². The van der Waals surface area contributed by atoms with Gasteiger partial charge >= 0.3 is 0 Å². The molecule has 0 fully saturated rings. The highest BCUT2D eigenvalue weighted by atomic mass is 35.5. The van der Waals surface area contributed by atoms with E-state index in [0.29, 0.717) is 6.61 Å². The maximum Gasteiger partial charge on any atom is 0.210 e. The molecule has 6 heteroatoms. The van der Waals surface area contributed by atoms with Gasteiger partial charge in [-0.25, -0.2) is 5.48 Å². The number of rotatable bonds is 3. The molecular weight excluding hydrogens is 177 g/mol. The largest absolute Gasteiger partial charge is 0.368 e. The molecule has 0 bridgehead atoms. The van der Waals surface area contributed by atoms with Crippen LogP contribution in [0.5, 0.6) is 0 Å². The minimum Gasteiger partial charge on any atom is -0.368 e. The first-order valence-corrected chi connectivity index (χ1v) is 2.49. The van der Waals surface area contributed by atoms with Crippen molar-refractivity contribution in [1.29, 1.82) is 5.41 Å². The van der Waals surface area contributed by atoms with Gasteiger partial charge in [-0.2, -0.15) is 0 Å². The quantitative estimate of drug-likeness (QED) is 0.265. The summed E-state index contributed by atoms with van der Waals surface area (Å²) in [5.74, 6) is -0.154. The molecule has 4 nitrogen and oxygen atoms in total. The van der Waals surface area contributed by atoms with E-state index in [0.717, 1.165) is 6.42 Å². The third-order valence-corrected chi connectivity index (χ3v) is 0.488. The van der Waals surface area contributed by atoms with E-state index < -0.39 is 0 Å². The molecule has 0 rings (SSSR count). The van der Waals surface area contributed by atoms with Crippen LogP contribution in [0.1, 0.15) is 13.3 Å². The normalized spacial score (nSPS) is 6.90. The summed E-state index contributed by atoms with van der Waals surface area (Å²) < 4.78 is 0. The van der Waals surface area contributed by atoms with Crippen molar-refractivity contribution < 1.29 is 4.84 Å².